The first-order valence-corrected chi connectivity index (χ1v) is 6.68. The van der Waals surface area contributed by atoms with Crippen LogP contribution >= 0.6 is 0 Å². The van der Waals surface area contributed by atoms with E-state index in [4.69, 9.17) is 0 Å². The molecule has 10 nitrogen and oxygen atoms in total. The number of nitrogens with zero attached hydrogens (tertiary/aromatic N) is 6. The topological polar surface area (TPSA) is 141 Å². The molecule has 0 atom stereocenters. The molecule has 2 aromatic heterocycles. The van der Waals surface area contributed by atoms with Gasteiger partial charge in [-0.15, -0.1) is 10.2 Å². The number of nitrogens with one attached hydrogen (secondary N) is 1. The molecule has 2 aromatic rings. The lowest BCUT2D eigenvalue weighted by Gasteiger charge is -2.05. The summed E-state index contributed by atoms with van der Waals surface area (Å²) in [5, 5.41) is 33.1. The van der Waals surface area contributed by atoms with Gasteiger partial charge >= 0.3 is 5.69 Å². The number of rotatable bonds is 3. The van der Waals surface area contributed by atoms with Crippen molar-refractivity contribution in [3.63, 3.8) is 0 Å². The number of hydrogen-bond donors (Lipinski definition) is 2. The summed E-state index contributed by atoms with van der Waals surface area (Å²) in [7, 11) is 2.55. The summed E-state index contributed by atoms with van der Waals surface area (Å²) in [5.74, 6) is -0.577. The van der Waals surface area contributed by atoms with Gasteiger partial charge in [-0.25, -0.2) is 4.79 Å². The van der Waals surface area contributed by atoms with Crippen molar-refractivity contribution in [3.8, 4) is 11.9 Å². The highest BCUT2D eigenvalue weighted by molar-refractivity contribution is 5.52. The summed E-state index contributed by atoms with van der Waals surface area (Å²) in [4.78, 5) is 23.6. The first-order chi connectivity index (χ1) is 10.8. The normalized spacial score (nSPS) is 11.3. The van der Waals surface area contributed by atoms with Crippen molar-refractivity contribution >= 4 is 11.5 Å². The molecule has 0 aliphatic rings. The molecule has 120 valence electrons. The van der Waals surface area contributed by atoms with Crippen LogP contribution in [0.3, 0.4) is 0 Å². The van der Waals surface area contributed by atoms with Crippen LogP contribution in [0.5, 0.6) is 5.88 Å². The van der Waals surface area contributed by atoms with E-state index in [2.05, 4.69) is 20.4 Å². The van der Waals surface area contributed by atoms with Gasteiger partial charge in [0.05, 0.1) is 5.69 Å². The Bertz CT molecular complexity index is 940. The van der Waals surface area contributed by atoms with Crippen LogP contribution in [-0.4, -0.2) is 24.4 Å². The molecular formula is C13H15N7O3. The standard InChI is InChI=1S/C13H15N7O3/c1-6(2)8-7(5-14)10(17-15-8)18-16-9-11(21)19(3)13(23)20(4)12(9)22/h6,21H,1-4H3,(H,15,17). The van der Waals surface area contributed by atoms with Gasteiger partial charge in [0.2, 0.25) is 17.4 Å². The maximum Gasteiger partial charge on any atom is 0.333 e. The van der Waals surface area contributed by atoms with Crippen molar-refractivity contribution in [2.75, 3.05) is 0 Å². The van der Waals surface area contributed by atoms with Crippen molar-refractivity contribution < 1.29 is 5.11 Å². The smallest absolute Gasteiger partial charge is 0.333 e. The van der Waals surface area contributed by atoms with Gasteiger partial charge in [-0.1, -0.05) is 13.8 Å². The third kappa shape index (κ3) is 2.64. The molecular weight excluding hydrogens is 302 g/mol. The number of aromatic nitrogens is 4. The first-order valence-electron chi connectivity index (χ1n) is 6.68. The van der Waals surface area contributed by atoms with Crippen molar-refractivity contribution in [1.82, 2.24) is 19.3 Å². The Labute approximate surface area is 130 Å². The zero-order chi connectivity index (χ0) is 17.3. The molecule has 0 fully saturated rings. The molecule has 2 N–H and O–H groups in total. The van der Waals surface area contributed by atoms with E-state index in [0.717, 1.165) is 9.13 Å². The predicted octanol–water partition coefficient (Wildman–Crippen LogP) is 0.923. The highest BCUT2D eigenvalue weighted by Gasteiger charge is 2.17. The fourth-order valence-electron chi connectivity index (χ4n) is 1.95. The second-order valence-electron chi connectivity index (χ2n) is 5.18. The zero-order valence-electron chi connectivity index (χ0n) is 13.0. The Morgan fingerprint density at radius 2 is 1.91 bits per heavy atom. The van der Waals surface area contributed by atoms with E-state index in [1.165, 1.54) is 14.1 Å². The maximum atomic E-state index is 12.0. The summed E-state index contributed by atoms with van der Waals surface area (Å²) in [6.07, 6.45) is 0. The van der Waals surface area contributed by atoms with Gasteiger partial charge in [-0.3, -0.25) is 19.0 Å². The van der Waals surface area contributed by atoms with Gasteiger partial charge in [0.15, 0.2) is 0 Å². The Hall–Kier alpha value is -3.22. The summed E-state index contributed by atoms with van der Waals surface area (Å²) in [6, 6.07) is 1.97. The van der Waals surface area contributed by atoms with Crippen LogP contribution in [0.4, 0.5) is 11.5 Å². The molecule has 23 heavy (non-hydrogen) atoms. The van der Waals surface area contributed by atoms with E-state index in [-0.39, 0.29) is 17.3 Å². The minimum Gasteiger partial charge on any atom is -0.493 e. The summed E-state index contributed by atoms with van der Waals surface area (Å²) in [6.45, 7) is 3.76. The van der Waals surface area contributed by atoms with Crippen molar-refractivity contribution in [2.24, 2.45) is 24.3 Å². The lowest BCUT2D eigenvalue weighted by Crippen LogP contribution is -2.36. The number of hydrogen-bond acceptors (Lipinski definition) is 7. The SMILES string of the molecule is CC(C)c1[nH]nc(N=Nc2c(O)n(C)c(=O)n(C)c2=O)c1C#N. The van der Waals surface area contributed by atoms with Gasteiger partial charge in [0.25, 0.3) is 5.56 Å². The van der Waals surface area contributed by atoms with Crippen LogP contribution in [0.25, 0.3) is 0 Å². The van der Waals surface area contributed by atoms with E-state index in [0.29, 0.717) is 5.69 Å². The predicted molar refractivity (Wildman–Crippen MR) is 80.2 cm³/mol. The molecule has 0 bridgehead atoms. The average Bonchev–Trinajstić information content (AvgIpc) is 2.94. The fourth-order valence-corrected chi connectivity index (χ4v) is 1.95. The van der Waals surface area contributed by atoms with Gasteiger partial charge in [-0.2, -0.15) is 10.4 Å². The molecule has 0 saturated heterocycles. The molecule has 0 aromatic carbocycles. The van der Waals surface area contributed by atoms with Crippen LogP contribution in [-0.2, 0) is 14.1 Å². The van der Waals surface area contributed by atoms with Gasteiger partial charge in [0.1, 0.15) is 11.6 Å². The lowest BCUT2D eigenvalue weighted by atomic mass is 10.1. The van der Waals surface area contributed by atoms with Crippen LogP contribution in [0.2, 0.25) is 0 Å². The van der Waals surface area contributed by atoms with Gasteiger partial charge in [0, 0.05) is 14.1 Å². The molecule has 0 unspecified atom stereocenters. The van der Waals surface area contributed by atoms with Gasteiger partial charge in [-0.05, 0) is 5.92 Å². The van der Waals surface area contributed by atoms with E-state index >= 15 is 0 Å². The molecule has 0 amide bonds. The number of H-pyrrole nitrogens is 1. The minimum atomic E-state index is -0.799. The van der Waals surface area contributed by atoms with Crippen LogP contribution < -0.4 is 11.2 Å². The Morgan fingerprint density at radius 3 is 2.48 bits per heavy atom. The second-order valence-corrected chi connectivity index (χ2v) is 5.18. The second kappa shape index (κ2) is 5.88. The molecule has 2 heterocycles. The average molecular weight is 317 g/mol. The molecule has 10 heteroatoms. The van der Waals surface area contributed by atoms with Crippen molar-refractivity contribution in [3.05, 3.63) is 32.1 Å². The minimum absolute atomic E-state index is 0.00602. The first kappa shape index (κ1) is 16.2. The Balaban J connectivity index is 2.58. The molecule has 2 rings (SSSR count). The fraction of sp³-hybridized carbons (Fsp3) is 0.385. The van der Waals surface area contributed by atoms with Crippen LogP contribution in [0.1, 0.15) is 31.0 Å². The lowest BCUT2D eigenvalue weighted by molar-refractivity contribution is 0.413. The number of nitriles is 1. The summed E-state index contributed by atoms with van der Waals surface area (Å²) in [5.41, 5.74) is -1.09. The van der Waals surface area contributed by atoms with E-state index < -0.39 is 22.8 Å². The van der Waals surface area contributed by atoms with E-state index in [9.17, 15) is 20.0 Å². The van der Waals surface area contributed by atoms with E-state index in [1.54, 1.807) is 0 Å². The Kier molecular flexibility index (Phi) is 4.13. The molecule has 0 radical (unpaired) electrons. The monoisotopic (exact) mass is 317 g/mol. The maximum absolute atomic E-state index is 12.0. The third-order valence-corrected chi connectivity index (χ3v) is 3.32. The number of azo groups is 1. The number of aromatic amines is 1. The molecule has 0 saturated carbocycles. The van der Waals surface area contributed by atoms with Crippen LogP contribution in [0.15, 0.2) is 19.8 Å². The van der Waals surface area contributed by atoms with Crippen molar-refractivity contribution in [1.29, 1.82) is 5.26 Å². The molecule has 0 aliphatic carbocycles. The van der Waals surface area contributed by atoms with E-state index in [1.807, 2.05) is 19.9 Å². The summed E-state index contributed by atoms with van der Waals surface area (Å²) >= 11 is 0. The van der Waals surface area contributed by atoms with Gasteiger partial charge < -0.3 is 5.11 Å². The largest absolute Gasteiger partial charge is 0.493 e. The molecule has 0 aliphatic heterocycles. The molecule has 0 spiro atoms. The quantitative estimate of drug-likeness (QED) is 0.809. The number of aromatic hydroxyl groups is 1. The summed E-state index contributed by atoms with van der Waals surface area (Å²) < 4.78 is 1.66. The zero-order valence-corrected chi connectivity index (χ0v) is 13.0. The third-order valence-electron chi connectivity index (χ3n) is 3.32. The van der Waals surface area contributed by atoms with Crippen molar-refractivity contribution in [2.45, 2.75) is 19.8 Å². The highest BCUT2D eigenvalue weighted by Crippen LogP contribution is 2.27. The highest BCUT2D eigenvalue weighted by atomic mass is 16.3. The Morgan fingerprint density at radius 1 is 1.26 bits per heavy atom. The van der Waals surface area contributed by atoms with Crippen LogP contribution in [0, 0.1) is 11.3 Å².